The topological polar surface area (TPSA) is 9.23 Å². The van der Waals surface area contributed by atoms with Crippen LogP contribution in [0.15, 0.2) is 24.3 Å². The maximum Gasteiger partial charge on any atom is 0.178 e. The summed E-state index contributed by atoms with van der Waals surface area (Å²) in [7, 11) is 0.535. The van der Waals surface area contributed by atoms with Crippen molar-refractivity contribution in [3.05, 3.63) is 35.4 Å². The van der Waals surface area contributed by atoms with Gasteiger partial charge in [-0.15, -0.1) is 0 Å². The maximum atomic E-state index is 5.31. The van der Waals surface area contributed by atoms with Gasteiger partial charge in [-0.25, -0.2) is 0 Å². The van der Waals surface area contributed by atoms with E-state index in [4.69, 9.17) is 4.12 Å². The fourth-order valence-electron chi connectivity index (χ4n) is 1.38. The minimum atomic E-state index is -0.353. The van der Waals surface area contributed by atoms with Crippen LogP contribution in [0, 0.1) is 0 Å². The van der Waals surface area contributed by atoms with Gasteiger partial charge < -0.3 is 4.12 Å². The van der Waals surface area contributed by atoms with Crippen LogP contribution in [0.2, 0.25) is 0 Å². The standard InChI is InChI=1S/C8H10OSi2/c10-9-11-8-5-6-3-1-2-4-7(6)8/h1-5H,11H2,10H3. The molecule has 0 saturated heterocycles. The van der Waals surface area contributed by atoms with Crippen LogP contribution in [0.3, 0.4) is 0 Å². The Balaban J connectivity index is 2.24. The molecule has 1 aliphatic rings. The predicted octanol–water partition coefficient (Wildman–Crippen LogP) is -0.121. The van der Waals surface area contributed by atoms with Crippen LogP contribution in [0.25, 0.3) is 11.3 Å². The van der Waals surface area contributed by atoms with E-state index in [-0.39, 0.29) is 9.76 Å². The number of rotatable bonds is 2. The lowest BCUT2D eigenvalue weighted by Crippen LogP contribution is -2.07. The van der Waals surface area contributed by atoms with E-state index in [1.54, 1.807) is 0 Å². The summed E-state index contributed by atoms with van der Waals surface area (Å²) in [4.78, 5) is 0. The number of hydrogen-bond acceptors (Lipinski definition) is 1. The molecule has 1 aromatic rings. The summed E-state index contributed by atoms with van der Waals surface area (Å²) >= 11 is 0. The van der Waals surface area contributed by atoms with Gasteiger partial charge in [-0.2, -0.15) is 0 Å². The summed E-state index contributed by atoms with van der Waals surface area (Å²) in [5.41, 5.74) is 2.81. The SMILES string of the molecule is [SiH3]O[SiH2]C1=Cc2ccccc21. The first-order valence-corrected chi connectivity index (χ1v) is 5.81. The van der Waals surface area contributed by atoms with E-state index >= 15 is 0 Å². The zero-order valence-electron chi connectivity index (χ0n) is 6.50. The minimum Gasteiger partial charge on any atom is -0.465 e. The zero-order valence-corrected chi connectivity index (χ0v) is 9.92. The van der Waals surface area contributed by atoms with Crippen LogP contribution in [0.4, 0.5) is 0 Å². The van der Waals surface area contributed by atoms with Crippen LogP contribution in [-0.4, -0.2) is 20.2 Å². The van der Waals surface area contributed by atoms with E-state index in [9.17, 15) is 0 Å². The number of fused-ring (bicyclic) bond motifs is 1. The van der Waals surface area contributed by atoms with E-state index in [1.807, 2.05) is 0 Å². The second-order valence-electron chi connectivity index (χ2n) is 2.69. The molecule has 1 nitrogen and oxygen atoms in total. The summed E-state index contributed by atoms with van der Waals surface area (Å²) in [6.07, 6.45) is 2.25. The van der Waals surface area contributed by atoms with Crippen molar-refractivity contribution >= 4 is 31.5 Å². The Bertz CT molecular complexity index is 307. The molecular weight excluding hydrogens is 168 g/mol. The molecule has 0 saturated carbocycles. The molecule has 1 aromatic carbocycles. The molecule has 56 valence electrons. The van der Waals surface area contributed by atoms with E-state index in [0.717, 1.165) is 10.5 Å². The van der Waals surface area contributed by atoms with Crippen molar-refractivity contribution in [2.24, 2.45) is 0 Å². The summed E-state index contributed by atoms with van der Waals surface area (Å²) in [5, 5.41) is 1.48. The molecule has 0 N–H and O–H groups in total. The van der Waals surface area contributed by atoms with Crippen molar-refractivity contribution < 1.29 is 4.12 Å². The van der Waals surface area contributed by atoms with Gasteiger partial charge in [-0.05, 0) is 16.3 Å². The average molecular weight is 178 g/mol. The number of benzene rings is 1. The third kappa shape index (κ3) is 1.11. The van der Waals surface area contributed by atoms with E-state index in [0.29, 0.717) is 0 Å². The fraction of sp³-hybridized carbons (Fsp3) is 0. The van der Waals surface area contributed by atoms with Crippen LogP contribution < -0.4 is 0 Å². The highest BCUT2D eigenvalue weighted by Gasteiger charge is 2.13. The highest BCUT2D eigenvalue weighted by atomic mass is 28.3. The highest BCUT2D eigenvalue weighted by Crippen LogP contribution is 2.30. The van der Waals surface area contributed by atoms with Crippen molar-refractivity contribution in [2.75, 3.05) is 0 Å². The van der Waals surface area contributed by atoms with Crippen LogP contribution in [0.5, 0.6) is 0 Å². The van der Waals surface area contributed by atoms with E-state index in [1.165, 1.54) is 16.3 Å². The van der Waals surface area contributed by atoms with Crippen molar-refractivity contribution in [3.8, 4) is 0 Å². The van der Waals surface area contributed by atoms with Crippen LogP contribution >= 0.6 is 0 Å². The quantitative estimate of drug-likeness (QED) is 0.574. The predicted molar refractivity (Wildman–Crippen MR) is 53.9 cm³/mol. The third-order valence-corrected chi connectivity index (χ3v) is 3.99. The lowest BCUT2D eigenvalue weighted by molar-refractivity contribution is 0.677. The Hall–Kier alpha value is -0.646. The van der Waals surface area contributed by atoms with Crippen molar-refractivity contribution in [1.29, 1.82) is 0 Å². The molecular formula is C8H10OSi2. The molecule has 0 radical (unpaired) electrons. The lowest BCUT2D eigenvalue weighted by atomic mass is 9.98. The molecule has 1 aliphatic carbocycles. The Kier molecular flexibility index (Phi) is 1.77. The van der Waals surface area contributed by atoms with Gasteiger partial charge in [-0.1, -0.05) is 30.3 Å². The molecule has 2 rings (SSSR count). The molecule has 0 aromatic heterocycles. The molecule has 0 spiro atoms. The highest BCUT2D eigenvalue weighted by molar-refractivity contribution is 6.62. The molecule has 3 heteroatoms. The Morgan fingerprint density at radius 3 is 2.82 bits per heavy atom. The maximum absolute atomic E-state index is 5.31. The molecule has 0 fully saturated rings. The van der Waals surface area contributed by atoms with Gasteiger partial charge in [-0.3, -0.25) is 0 Å². The minimum absolute atomic E-state index is 0.353. The Morgan fingerprint density at radius 1 is 1.27 bits per heavy atom. The first kappa shape index (κ1) is 7.03. The van der Waals surface area contributed by atoms with Crippen molar-refractivity contribution in [1.82, 2.24) is 0 Å². The summed E-state index contributed by atoms with van der Waals surface area (Å²) in [6.45, 7) is 0. The van der Waals surface area contributed by atoms with Gasteiger partial charge >= 0.3 is 0 Å². The van der Waals surface area contributed by atoms with Crippen LogP contribution in [-0.2, 0) is 4.12 Å². The summed E-state index contributed by atoms with van der Waals surface area (Å²) in [6, 6.07) is 8.50. The Labute approximate surface area is 71.6 Å². The summed E-state index contributed by atoms with van der Waals surface area (Å²) < 4.78 is 5.31. The van der Waals surface area contributed by atoms with E-state index in [2.05, 4.69) is 30.3 Å². The third-order valence-electron chi connectivity index (χ3n) is 1.94. The lowest BCUT2D eigenvalue weighted by Gasteiger charge is -2.18. The monoisotopic (exact) mass is 178 g/mol. The molecule has 0 heterocycles. The first-order valence-electron chi connectivity index (χ1n) is 3.71. The largest absolute Gasteiger partial charge is 0.465 e. The molecule has 11 heavy (non-hydrogen) atoms. The molecule has 0 amide bonds. The molecule has 0 unspecified atom stereocenters. The molecule has 0 bridgehead atoms. The molecule has 0 atom stereocenters. The van der Waals surface area contributed by atoms with Crippen LogP contribution in [0.1, 0.15) is 11.1 Å². The zero-order chi connectivity index (χ0) is 7.68. The van der Waals surface area contributed by atoms with Gasteiger partial charge in [0.1, 0.15) is 10.5 Å². The second kappa shape index (κ2) is 2.77. The average Bonchev–Trinajstić information content (AvgIpc) is 2.01. The second-order valence-corrected chi connectivity index (χ2v) is 6.05. The van der Waals surface area contributed by atoms with Gasteiger partial charge in [0.05, 0.1) is 0 Å². The summed E-state index contributed by atoms with van der Waals surface area (Å²) in [5.74, 6) is 0. The fourth-order valence-corrected chi connectivity index (χ4v) is 3.40. The van der Waals surface area contributed by atoms with E-state index < -0.39 is 0 Å². The van der Waals surface area contributed by atoms with Gasteiger partial charge in [0.2, 0.25) is 0 Å². The van der Waals surface area contributed by atoms with Gasteiger partial charge in [0.25, 0.3) is 0 Å². The van der Waals surface area contributed by atoms with Crippen molar-refractivity contribution in [3.63, 3.8) is 0 Å². The van der Waals surface area contributed by atoms with Crippen molar-refractivity contribution in [2.45, 2.75) is 0 Å². The normalized spacial score (nSPS) is 14.7. The van der Waals surface area contributed by atoms with Gasteiger partial charge in [0, 0.05) is 0 Å². The Morgan fingerprint density at radius 2 is 2.09 bits per heavy atom. The number of hydrogen-bond donors (Lipinski definition) is 0. The smallest absolute Gasteiger partial charge is 0.178 e. The first-order chi connectivity index (χ1) is 5.42. The van der Waals surface area contributed by atoms with Gasteiger partial charge in [0.15, 0.2) is 9.76 Å². The molecule has 0 aliphatic heterocycles.